The lowest BCUT2D eigenvalue weighted by Crippen LogP contribution is -2.04. The number of aromatic amines is 1. The van der Waals surface area contributed by atoms with E-state index in [0.717, 1.165) is 47.1 Å². The summed E-state index contributed by atoms with van der Waals surface area (Å²) < 4.78 is 0. The summed E-state index contributed by atoms with van der Waals surface area (Å²) in [5.74, 6) is 0. The van der Waals surface area contributed by atoms with E-state index in [-0.39, 0.29) is 0 Å². The summed E-state index contributed by atoms with van der Waals surface area (Å²) in [6.45, 7) is 4.33. The van der Waals surface area contributed by atoms with E-state index in [2.05, 4.69) is 72.7 Å². The molecule has 4 aromatic rings. The van der Waals surface area contributed by atoms with Crippen LogP contribution in [0.25, 0.3) is 34.0 Å². The molecule has 1 aromatic heterocycles. The van der Waals surface area contributed by atoms with Gasteiger partial charge in [0.25, 0.3) is 0 Å². The Hall–Kier alpha value is -3.59. The molecule has 3 N–H and O–H groups in total. The molecular formula is C28H27N3. The van der Waals surface area contributed by atoms with Crippen molar-refractivity contribution < 1.29 is 0 Å². The van der Waals surface area contributed by atoms with E-state index in [1.807, 2.05) is 18.2 Å². The zero-order valence-electron chi connectivity index (χ0n) is 18.0. The van der Waals surface area contributed by atoms with Gasteiger partial charge in [-0.3, -0.25) is 0 Å². The Balaban J connectivity index is 1.89. The summed E-state index contributed by atoms with van der Waals surface area (Å²) in [6, 6.07) is 14.4. The smallest absolute Gasteiger partial charge is 0.0547 e. The number of allylic oxidation sites excluding steroid dienone is 2. The predicted molar refractivity (Wildman–Crippen MR) is 135 cm³/mol. The van der Waals surface area contributed by atoms with Crippen LogP contribution in [0.5, 0.6) is 0 Å². The third-order valence-electron chi connectivity index (χ3n) is 6.29. The second kappa shape index (κ2) is 7.92. The van der Waals surface area contributed by atoms with Crippen LogP contribution in [-0.4, -0.2) is 11.2 Å². The Morgan fingerprint density at radius 2 is 1.90 bits per heavy atom. The second-order valence-corrected chi connectivity index (χ2v) is 8.04. The molecule has 0 aliphatic heterocycles. The van der Waals surface area contributed by atoms with Gasteiger partial charge in [-0.05, 0) is 67.1 Å². The molecule has 3 nitrogen and oxygen atoms in total. The van der Waals surface area contributed by atoms with E-state index in [9.17, 15) is 0 Å². The fourth-order valence-electron chi connectivity index (χ4n) is 5.00. The molecule has 0 atom stereocenters. The highest BCUT2D eigenvalue weighted by Crippen LogP contribution is 2.42. The highest BCUT2D eigenvalue weighted by Gasteiger charge is 2.22. The van der Waals surface area contributed by atoms with Gasteiger partial charge in [0, 0.05) is 45.0 Å². The normalized spacial score (nSPS) is 13.2. The van der Waals surface area contributed by atoms with Crippen LogP contribution in [0.15, 0.2) is 54.6 Å². The third-order valence-corrected chi connectivity index (χ3v) is 6.29. The number of hydrogen-bond acceptors (Lipinski definition) is 2. The average Bonchev–Trinajstić information content (AvgIpc) is 3.20. The molecule has 3 heteroatoms. The minimum Gasteiger partial charge on any atom is -0.355 e. The van der Waals surface area contributed by atoms with E-state index in [0.29, 0.717) is 0 Å². The number of nitrogens with one attached hydrogen (secondary N) is 3. The molecule has 5 rings (SSSR count). The molecule has 0 bridgehead atoms. The first-order chi connectivity index (χ1) is 15.3. The molecule has 0 fully saturated rings. The summed E-state index contributed by atoms with van der Waals surface area (Å²) in [7, 11) is 0. The van der Waals surface area contributed by atoms with Crippen LogP contribution in [0.1, 0.15) is 48.1 Å². The van der Waals surface area contributed by atoms with Crippen molar-refractivity contribution in [1.29, 1.82) is 5.41 Å². The van der Waals surface area contributed by atoms with E-state index in [1.165, 1.54) is 39.4 Å². The topological polar surface area (TPSA) is 51.7 Å². The molecule has 0 unspecified atom stereocenters. The number of aromatic nitrogens is 1. The third kappa shape index (κ3) is 3.09. The van der Waals surface area contributed by atoms with Crippen molar-refractivity contribution in [2.24, 2.45) is 0 Å². The van der Waals surface area contributed by atoms with E-state index >= 15 is 0 Å². The summed E-state index contributed by atoms with van der Waals surface area (Å²) >= 11 is 0. The zero-order valence-corrected chi connectivity index (χ0v) is 18.0. The maximum Gasteiger partial charge on any atom is 0.0547 e. The highest BCUT2D eigenvalue weighted by atomic mass is 14.9. The van der Waals surface area contributed by atoms with Crippen LogP contribution >= 0.6 is 0 Å². The molecule has 0 spiro atoms. The lowest BCUT2D eigenvalue weighted by molar-refractivity contribution is 0.949. The number of anilines is 2. The van der Waals surface area contributed by atoms with Gasteiger partial charge >= 0.3 is 0 Å². The molecule has 0 amide bonds. The van der Waals surface area contributed by atoms with Crippen LogP contribution in [0, 0.1) is 5.41 Å². The highest BCUT2D eigenvalue weighted by molar-refractivity contribution is 6.21. The van der Waals surface area contributed by atoms with E-state index in [4.69, 9.17) is 5.41 Å². The monoisotopic (exact) mass is 405 g/mol. The Kier molecular flexibility index (Phi) is 4.95. The average molecular weight is 406 g/mol. The van der Waals surface area contributed by atoms with Crippen molar-refractivity contribution in [2.45, 2.75) is 33.1 Å². The van der Waals surface area contributed by atoms with Gasteiger partial charge in [-0.1, -0.05) is 49.4 Å². The summed E-state index contributed by atoms with van der Waals surface area (Å²) in [4.78, 5) is 3.71. The maximum absolute atomic E-state index is 8.29. The zero-order chi connectivity index (χ0) is 21.4. The van der Waals surface area contributed by atoms with Gasteiger partial charge in [-0.2, -0.15) is 0 Å². The first-order valence-electron chi connectivity index (χ1n) is 11.0. The van der Waals surface area contributed by atoms with Crippen LogP contribution in [0.2, 0.25) is 0 Å². The first kappa shape index (κ1) is 19.4. The largest absolute Gasteiger partial charge is 0.355 e. The number of para-hydroxylation sites is 1. The molecule has 0 radical (unpaired) electrons. The minimum absolute atomic E-state index is 0.921. The molecule has 1 aliphatic rings. The van der Waals surface area contributed by atoms with Crippen molar-refractivity contribution in [3.05, 3.63) is 82.4 Å². The van der Waals surface area contributed by atoms with Crippen LogP contribution in [-0.2, 0) is 12.8 Å². The summed E-state index contributed by atoms with van der Waals surface area (Å²) in [6.07, 6.45) is 13.6. The summed E-state index contributed by atoms with van der Waals surface area (Å²) in [5.41, 5.74) is 10.7. The Bertz CT molecular complexity index is 1350. The standard InChI is InChI=1S/C28H27N3/c1-3-10-22-19(4-2)20-13-8-9-14-21(20)27-26-23(17-29)24(15-16-25(26)31-28(22)27)30-18-11-6-5-7-12-18/h3,5-7,9-12,14-17,29-31H,4,8,13H2,1-2H3/b10-3-,29-17?. The van der Waals surface area contributed by atoms with Crippen LogP contribution in [0.3, 0.4) is 0 Å². The second-order valence-electron chi connectivity index (χ2n) is 8.04. The lowest BCUT2D eigenvalue weighted by atomic mass is 9.84. The van der Waals surface area contributed by atoms with Crippen LogP contribution < -0.4 is 5.32 Å². The van der Waals surface area contributed by atoms with Gasteiger partial charge < -0.3 is 15.7 Å². The van der Waals surface area contributed by atoms with Gasteiger partial charge in [0.05, 0.1) is 5.52 Å². The van der Waals surface area contributed by atoms with Crippen molar-refractivity contribution in [3.63, 3.8) is 0 Å². The Morgan fingerprint density at radius 3 is 2.65 bits per heavy atom. The number of rotatable bonds is 5. The molecule has 3 aromatic carbocycles. The van der Waals surface area contributed by atoms with Crippen molar-refractivity contribution in [3.8, 4) is 0 Å². The SMILES string of the molecule is C/C=C\c1c(CC)c2c(c3c1[nH]c1ccc(Nc4ccccc4)c(C=N)c13)C=CCC2. The van der Waals surface area contributed by atoms with Gasteiger partial charge in [0.1, 0.15) is 0 Å². The number of fused-ring (bicyclic) bond motifs is 5. The number of benzene rings is 3. The molecule has 0 saturated carbocycles. The van der Waals surface area contributed by atoms with Gasteiger partial charge in [-0.15, -0.1) is 0 Å². The molecule has 0 saturated heterocycles. The molecule has 1 heterocycles. The van der Waals surface area contributed by atoms with Gasteiger partial charge in [-0.25, -0.2) is 0 Å². The Morgan fingerprint density at radius 1 is 1.06 bits per heavy atom. The minimum atomic E-state index is 0.921. The van der Waals surface area contributed by atoms with E-state index < -0.39 is 0 Å². The number of H-pyrrole nitrogens is 1. The summed E-state index contributed by atoms with van der Waals surface area (Å²) in [5, 5.41) is 14.2. The quantitative estimate of drug-likeness (QED) is 0.294. The predicted octanol–water partition coefficient (Wildman–Crippen LogP) is 7.62. The van der Waals surface area contributed by atoms with Crippen molar-refractivity contribution in [1.82, 2.24) is 4.98 Å². The molecule has 31 heavy (non-hydrogen) atoms. The van der Waals surface area contributed by atoms with E-state index in [1.54, 1.807) is 0 Å². The molecule has 1 aliphatic carbocycles. The van der Waals surface area contributed by atoms with Crippen molar-refractivity contribution >= 4 is 51.5 Å². The number of hydrogen-bond donors (Lipinski definition) is 3. The van der Waals surface area contributed by atoms with Gasteiger partial charge in [0.2, 0.25) is 0 Å². The first-order valence-corrected chi connectivity index (χ1v) is 11.0. The molecular weight excluding hydrogens is 378 g/mol. The Labute approximate surface area is 183 Å². The van der Waals surface area contributed by atoms with Crippen LogP contribution in [0.4, 0.5) is 11.4 Å². The van der Waals surface area contributed by atoms with Crippen molar-refractivity contribution in [2.75, 3.05) is 5.32 Å². The lowest BCUT2D eigenvalue weighted by Gasteiger charge is -2.20. The fourth-order valence-corrected chi connectivity index (χ4v) is 5.00. The molecule has 154 valence electrons. The fraction of sp³-hybridized carbons (Fsp3) is 0.179. The maximum atomic E-state index is 8.29. The van der Waals surface area contributed by atoms with Gasteiger partial charge in [0.15, 0.2) is 0 Å².